The summed E-state index contributed by atoms with van der Waals surface area (Å²) in [6.45, 7) is 3.43. The van der Waals surface area contributed by atoms with E-state index < -0.39 is 0 Å². The van der Waals surface area contributed by atoms with Crippen molar-refractivity contribution >= 4 is 5.91 Å². The van der Waals surface area contributed by atoms with Crippen molar-refractivity contribution in [3.63, 3.8) is 0 Å². The van der Waals surface area contributed by atoms with Gasteiger partial charge in [-0.25, -0.2) is 0 Å². The van der Waals surface area contributed by atoms with Gasteiger partial charge in [-0.05, 0) is 18.4 Å². The number of carbonyl (C=O) groups is 1. The average molecular weight is 261 g/mol. The van der Waals surface area contributed by atoms with E-state index in [4.69, 9.17) is 5.73 Å². The van der Waals surface area contributed by atoms with Gasteiger partial charge in [-0.1, -0.05) is 6.07 Å². The molecule has 1 aromatic rings. The van der Waals surface area contributed by atoms with Gasteiger partial charge in [0.05, 0.1) is 0 Å². The largest absolute Gasteiger partial charge is 0.370 e. The number of hydrogen-bond acceptors (Lipinski definition) is 3. The molecule has 102 valence electrons. The van der Waals surface area contributed by atoms with Gasteiger partial charge in [0, 0.05) is 50.3 Å². The first-order valence-electron chi connectivity index (χ1n) is 6.84. The maximum Gasteiger partial charge on any atom is 0.250 e. The first-order valence-corrected chi connectivity index (χ1v) is 6.84. The van der Waals surface area contributed by atoms with Gasteiger partial charge in [0.25, 0.3) is 5.56 Å². The molecule has 5 heteroatoms. The SMILES string of the molecule is NC(=O)CCN1CC2C[C@@H](C1)Cn1c2cccc1=O. The molecule has 0 spiro atoms. The number of primary amides is 1. The van der Waals surface area contributed by atoms with Crippen LogP contribution in [0, 0.1) is 5.92 Å². The predicted octanol–water partition coefficient (Wildman–Crippen LogP) is 0.143. The second-order valence-electron chi connectivity index (χ2n) is 5.67. The number of amides is 1. The Morgan fingerprint density at radius 1 is 1.32 bits per heavy atom. The Labute approximate surface area is 112 Å². The zero-order valence-electron chi connectivity index (χ0n) is 10.9. The van der Waals surface area contributed by atoms with E-state index in [-0.39, 0.29) is 11.5 Å². The Morgan fingerprint density at radius 3 is 2.95 bits per heavy atom. The normalized spacial score (nSPS) is 25.9. The van der Waals surface area contributed by atoms with Crippen molar-refractivity contribution in [2.45, 2.75) is 25.3 Å². The van der Waals surface area contributed by atoms with Gasteiger partial charge >= 0.3 is 0 Å². The van der Waals surface area contributed by atoms with Gasteiger partial charge < -0.3 is 15.2 Å². The molecule has 1 unspecified atom stereocenters. The molecule has 3 rings (SSSR count). The molecule has 0 aliphatic carbocycles. The number of fused-ring (bicyclic) bond motifs is 4. The molecule has 19 heavy (non-hydrogen) atoms. The van der Waals surface area contributed by atoms with Crippen LogP contribution in [0.1, 0.15) is 24.5 Å². The topological polar surface area (TPSA) is 68.3 Å². The van der Waals surface area contributed by atoms with Crippen LogP contribution in [0.4, 0.5) is 0 Å². The van der Waals surface area contributed by atoms with Crippen LogP contribution in [-0.4, -0.2) is 35.0 Å². The molecule has 2 aliphatic rings. The Hall–Kier alpha value is -1.62. The number of rotatable bonds is 3. The number of likely N-dealkylation sites (tertiary alicyclic amines) is 1. The van der Waals surface area contributed by atoms with Crippen LogP contribution in [0.15, 0.2) is 23.0 Å². The number of carbonyl (C=O) groups excluding carboxylic acids is 1. The van der Waals surface area contributed by atoms with Crippen LogP contribution in [0.25, 0.3) is 0 Å². The van der Waals surface area contributed by atoms with Crippen molar-refractivity contribution in [2.24, 2.45) is 11.7 Å². The van der Waals surface area contributed by atoms with Crippen LogP contribution in [0.2, 0.25) is 0 Å². The molecule has 2 atom stereocenters. The third kappa shape index (κ3) is 2.42. The summed E-state index contributed by atoms with van der Waals surface area (Å²) < 4.78 is 1.92. The van der Waals surface area contributed by atoms with Gasteiger partial charge in [-0.3, -0.25) is 9.59 Å². The molecule has 0 saturated carbocycles. The summed E-state index contributed by atoms with van der Waals surface area (Å²) in [5.41, 5.74) is 6.47. The Kier molecular flexibility index (Phi) is 3.14. The van der Waals surface area contributed by atoms with E-state index in [9.17, 15) is 9.59 Å². The first kappa shape index (κ1) is 12.4. The van der Waals surface area contributed by atoms with Crippen molar-refractivity contribution < 1.29 is 4.79 Å². The summed E-state index contributed by atoms with van der Waals surface area (Å²) in [7, 11) is 0. The van der Waals surface area contributed by atoms with E-state index in [1.165, 1.54) is 0 Å². The minimum atomic E-state index is -0.243. The molecule has 0 aromatic carbocycles. The fourth-order valence-electron chi connectivity index (χ4n) is 3.45. The predicted molar refractivity (Wildman–Crippen MR) is 71.8 cm³/mol. The van der Waals surface area contributed by atoms with E-state index in [0.717, 1.165) is 38.3 Å². The molecule has 2 bridgehead atoms. The molecular formula is C14H19N3O2. The van der Waals surface area contributed by atoms with E-state index in [0.29, 0.717) is 18.3 Å². The van der Waals surface area contributed by atoms with Crippen molar-refractivity contribution in [1.29, 1.82) is 0 Å². The molecule has 1 fully saturated rings. The Bertz CT molecular complexity index is 552. The highest BCUT2D eigenvalue weighted by atomic mass is 16.1. The van der Waals surface area contributed by atoms with Gasteiger partial charge in [-0.2, -0.15) is 0 Å². The third-order valence-corrected chi connectivity index (χ3v) is 4.23. The molecule has 1 aromatic heterocycles. The van der Waals surface area contributed by atoms with E-state index in [1.807, 2.05) is 10.6 Å². The lowest BCUT2D eigenvalue weighted by Gasteiger charge is -2.42. The number of nitrogens with zero attached hydrogens (tertiary/aromatic N) is 2. The van der Waals surface area contributed by atoms with Crippen LogP contribution in [-0.2, 0) is 11.3 Å². The van der Waals surface area contributed by atoms with E-state index >= 15 is 0 Å². The Morgan fingerprint density at radius 2 is 2.16 bits per heavy atom. The monoisotopic (exact) mass is 261 g/mol. The first-order chi connectivity index (χ1) is 9.13. The highest BCUT2D eigenvalue weighted by Gasteiger charge is 2.34. The van der Waals surface area contributed by atoms with Crippen LogP contribution in [0.3, 0.4) is 0 Å². The molecule has 1 amide bonds. The van der Waals surface area contributed by atoms with Crippen molar-refractivity contribution in [1.82, 2.24) is 9.47 Å². The van der Waals surface area contributed by atoms with Crippen LogP contribution in [0.5, 0.6) is 0 Å². The number of hydrogen-bond donors (Lipinski definition) is 1. The average Bonchev–Trinajstić information content (AvgIpc) is 2.38. The minimum Gasteiger partial charge on any atom is -0.370 e. The molecule has 1 saturated heterocycles. The molecule has 5 nitrogen and oxygen atoms in total. The fourth-order valence-corrected chi connectivity index (χ4v) is 3.45. The quantitative estimate of drug-likeness (QED) is 0.841. The summed E-state index contributed by atoms with van der Waals surface area (Å²) in [6.07, 6.45) is 1.57. The van der Waals surface area contributed by atoms with Gasteiger partial charge in [0.2, 0.25) is 5.91 Å². The van der Waals surface area contributed by atoms with Crippen molar-refractivity contribution in [2.75, 3.05) is 19.6 Å². The summed E-state index contributed by atoms with van der Waals surface area (Å²) in [4.78, 5) is 25.1. The molecule has 2 aliphatic heterocycles. The smallest absolute Gasteiger partial charge is 0.250 e. The van der Waals surface area contributed by atoms with Crippen LogP contribution < -0.4 is 11.3 Å². The maximum absolute atomic E-state index is 11.9. The molecular weight excluding hydrogens is 242 g/mol. The highest BCUT2D eigenvalue weighted by Crippen LogP contribution is 2.34. The number of nitrogens with two attached hydrogens (primary N) is 1. The standard InChI is InChI=1S/C14H19N3O2/c15-13(18)4-5-16-7-10-6-11(9-16)12-2-1-3-14(19)17(12)8-10/h1-3,10-11H,4-9H2,(H2,15,18)/t10-,11?/m0/s1. The van der Waals surface area contributed by atoms with E-state index in [1.54, 1.807) is 6.07 Å². The van der Waals surface area contributed by atoms with E-state index in [2.05, 4.69) is 11.0 Å². The zero-order chi connectivity index (χ0) is 13.4. The lowest BCUT2D eigenvalue weighted by Crippen LogP contribution is -2.47. The van der Waals surface area contributed by atoms with Gasteiger partial charge in [0.1, 0.15) is 0 Å². The van der Waals surface area contributed by atoms with Crippen molar-refractivity contribution in [3.8, 4) is 0 Å². The van der Waals surface area contributed by atoms with Crippen molar-refractivity contribution in [3.05, 3.63) is 34.2 Å². The molecule has 0 radical (unpaired) electrons. The van der Waals surface area contributed by atoms with Gasteiger partial charge in [0.15, 0.2) is 0 Å². The minimum absolute atomic E-state index is 0.109. The summed E-state index contributed by atoms with van der Waals surface area (Å²) in [5.74, 6) is 0.681. The maximum atomic E-state index is 11.9. The molecule has 2 N–H and O–H groups in total. The highest BCUT2D eigenvalue weighted by molar-refractivity contribution is 5.73. The number of piperidine rings is 1. The van der Waals surface area contributed by atoms with Crippen LogP contribution >= 0.6 is 0 Å². The van der Waals surface area contributed by atoms with Gasteiger partial charge in [-0.15, -0.1) is 0 Å². The second kappa shape index (κ2) is 4.81. The fraction of sp³-hybridized carbons (Fsp3) is 0.571. The lowest BCUT2D eigenvalue weighted by molar-refractivity contribution is -0.118. The summed E-state index contributed by atoms with van der Waals surface area (Å²) in [5, 5.41) is 0. The third-order valence-electron chi connectivity index (χ3n) is 4.23. The number of pyridine rings is 1. The summed E-state index contributed by atoms with van der Waals surface area (Å²) >= 11 is 0. The Balaban J connectivity index is 1.80. The zero-order valence-corrected chi connectivity index (χ0v) is 10.9. The summed E-state index contributed by atoms with van der Waals surface area (Å²) in [6, 6.07) is 5.53. The molecule has 3 heterocycles. The lowest BCUT2D eigenvalue weighted by atomic mass is 9.83. The number of aromatic nitrogens is 1. The second-order valence-corrected chi connectivity index (χ2v) is 5.67.